The molecule has 4 heteroatoms. The summed E-state index contributed by atoms with van der Waals surface area (Å²) in [6.45, 7) is 1.94. The van der Waals surface area contributed by atoms with Crippen LogP contribution in [0.2, 0.25) is 0 Å². The number of carbonyl (C=O) groups excluding carboxylic acids is 1. The van der Waals surface area contributed by atoms with Gasteiger partial charge < -0.3 is 11.1 Å². The van der Waals surface area contributed by atoms with Gasteiger partial charge in [0.15, 0.2) is 0 Å². The van der Waals surface area contributed by atoms with Crippen LogP contribution in [0.1, 0.15) is 12.5 Å². The Morgan fingerprint density at radius 1 is 1.57 bits per heavy atom. The topological polar surface area (TPSA) is 55.1 Å². The monoisotopic (exact) mass is 196 g/mol. The third-order valence-electron chi connectivity index (χ3n) is 1.98. The van der Waals surface area contributed by atoms with Crippen molar-refractivity contribution >= 4 is 5.91 Å². The van der Waals surface area contributed by atoms with Crippen LogP contribution >= 0.6 is 0 Å². The summed E-state index contributed by atoms with van der Waals surface area (Å²) < 4.78 is 13.1. The molecule has 1 amide bonds. The Morgan fingerprint density at radius 2 is 2.21 bits per heavy atom. The summed E-state index contributed by atoms with van der Waals surface area (Å²) in [4.78, 5) is 10.7. The van der Waals surface area contributed by atoms with Gasteiger partial charge in [0.25, 0.3) is 0 Å². The number of primary amides is 1. The van der Waals surface area contributed by atoms with Crippen LogP contribution in [0.25, 0.3) is 0 Å². The lowest BCUT2D eigenvalue weighted by molar-refractivity contribution is -0.119. The average molecular weight is 196 g/mol. The van der Waals surface area contributed by atoms with Crippen molar-refractivity contribution in [2.24, 2.45) is 5.73 Å². The fraction of sp³-hybridized carbons (Fsp3) is 0.300. The van der Waals surface area contributed by atoms with Crippen LogP contribution in [0.5, 0.6) is 0 Å². The smallest absolute Gasteiger partial charge is 0.234 e. The molecule has 3 nitrogen and oxygen atoms in total. The van der Waals surface area contributed by atoms with E-state index in [0.717, 1.165) is 0 Å². The summed E-state index contributed by atoms with van der Waals surface area (Å²) in [5, 5.41) is 2.82. The van der Waals surface area contributed by atoms with E-state index in [1.807, 2.05) is 0 Å². The molecule has 1 aromatic rings. The molecule has 1 atom stereocenters. The highest BCUT2D eigenvalue weighted by Gasteiger charge is 2.08. The van der Waals surface area contributed by atoms with Gasteiger partial charge in [0.1, 0.15) is 5.82 Å². The van der Waals surface area contributed by atoms with E-state index >= 15 is 0 Å². The standard InChI is InChI=1S/C10H13FN2O/c1-7(10(12)14)13-6-8-4-2-3-5-9(8)11/h2-5,7,13H,6H2,1H3,(H2,12,14). The van der Waals surface area contributed by atoms with Gasteiger partial charge in [-0.15, -0.1) is 0 Å². The maximum Gasteiger partial charge on any atom is 0.234 e. The molecule has 0 spiro atoms. The lowest BCUT2D eigenvalue weighted by Crippen LogP contribution is -2.38. The van der Waals surface area contributed by atoms with Crippen molar-refractivity contribution in [1.29, 1.82) is 0 Å². The van der Waals surface area contributed by atoms with Gasteiger partial charge in [0.2, 0.25) is 5.91 Å². The van der Waals surface area contributed by atoms with Gasteiger partial charge in [-0.1, -0.05) is 18.2 Å². The summed E-state index contributed by atoms with van der Waals surface area (Å²) in [6, 6.07) is 5.96. The van der Waals surface area contributed by atoms with Crippen LogP contribution in [0, 0.1) is 5.82 Å². The Hall–Kier alpha value is -1.42. The maximum absolute atomic E-state index is 13.1. The van der Waals surface area contributed by atoms with Crippen molar-refractivity contribution in [3.8, 4) is 0 Å². The zero-order valence-corrected chi connectivity index (χ0v) is 7.96. The van der Waals surface area contributed by atoms with Crippen LogP contribution in [-0.4, -0.2) is 11.9 Å². The number of nitrogens with one attached hydrogen (secondary N) is 1. The van der Waals surface area contributed by atoms with Crippen molar-refractivity contribution in [3.63, 3.8) is 0 Å². The van der Waals surface area contributed by atoms with E-state index in [9.17, 15) is 9.18 Å². The summed E-state index contributed by atoms with van der Waals surface area (Å²) in [5.41, 5.74) is 5.57. The molecule has 0 radical (unpaired) electrons. The predicted octanol–water partition coefficient (Wildman–Crippen LogP) is 0.789. The largest absolute Gasteiger partial charge is 0.368 e. The summed E-state index contributed by atoms with van der Waals surface area (Å²) in [5.74, 6) is -0.724. The van der Waals surface area contributed by atoms with Crippen molar-refractivity contribution < 1.29 is 9.18 Å². The van der Waals surface area contributed by atoms with Crippen LogP contribution in [0.15, 0.2) is 24.3 Å². The molecule has 0 bridgehead atoms. The molecule has 0 aliphatic rings. The molecule has 0 aliphatic heterocycles. The highest BCUT2D eigenvalue weighted by Crippen LogP contribution is 2.05. The minimum atomic E-state index is -0.449. The summed E-state index contributed by atoms with van der Waals surface area (Å²) >= 11 is 0. The van der Waals surface area contributed by atoms with E-state index in [2.05, 4.69) is 5.32 Å². The molecular formula is C10H13FN2O. The molecule has 0 heterocycles. The first-order valence-corrected chi connectivity index (χ1v) is 4.37. The molecule has 1 unspecified atom stereocenters. The second-order valence-electron chi connectivity index (χ2n) is 3.10. The lowest BCUT2D eigenvalue weighted by atomic mass is 10.2. The van der Waals surface area contributed by atoms with Gasteiger partial charge in [-0.25, -0.2) is 4.39 Å². The Labute approximate surface area is 82.1 Å². The van der Waals surface area contributed by atoms with Gasteiger partial charge in [0.05, 0.1) is 6.04 Å². The molecule has 76 valence electrons. The molecule has 14 heavy (non-hydrogen) atoms. The van der Waals surface area contributed by atoms with Gasteiger partial charge >= 0.3 is 0 Å². The second-order valence-corrected chi connectivity index (χ2v) is 3.10. The van der Waals surface area contributed by atoms with Crippen LogP contribution < -0.4 is 11.1 Å². The molecule has 0 saturated heterocycles. The quantitative estimate of drug-likeness (QED) is 0.748. The van der Waals surface area contributed by atoms with Crippen molar-refractivity contribution in [2.75, 3.05) is 0 Å². The first kappa shape index (κ1) is 10.7. The molecule has 1 aromatic carbocycles. The molecular weight excluding hydrogens is 183 g/mol. The predicted molar refractivity (Wildman–Crippen MR) is 51.9 cm³/mol. The molecule has 3 N–H and O–H groups in total. The maximum atomic E-state index is 13.1. The number of hydrogen-bond donors (Lipinski definition) is 2. The Kier molecular flexibility index (Phi) is 3.59. The lowest BCUT2D eigenvalue weighted by Gasteiger charge is -2.10. The van der Waals surface area contributed by atoms with Crippen LogP contribution in [-0.2, 0) is 11.3 Å². The average Bonchev–Trinajstić information content (AvgIpc) is 2.16. The zero-order chi connectivity index (χ0) is 10.6. The Bertz CT molecular complexity index is 328. The number of rotatable bonds is 4. The fourth-order valence-electron chi connectivity index (χ4n) is 1.01. The van der Waals surface area contributed by atoms with E-state index in [1.54, 1.807) is 25.1 Å². The van der Waals surface area contributed by atoms with Gasteiger partial charge in [-0.2, -0.15) is 0 Å². The highest BCUT2D eigenvalue weighted by atomic mass is 19.1. The number of nitrogens with two attached hydrogens (primary N) is 1. The molecule has 0 fully saturated rings. The number of amides is 1. The van der Waals surface area contributed by atoms with E-state index < -0.39 is 11.9 Å². The van der Waals surface area contributed by atoms with E-state index in [-0.39, 0.29) is 5.82 Å². The minimum absolute atomic E-state index is 0.281. The molecule has 1 rings (SSSR count). The van der Waals surface area contributed by atoms with Gasteiger partial charge in [-0.05, 0) is 13.0 Å². The van der Waals surface area contributed by atoms with Gasteiger partial charge in [-0.3, -0.25) is 4.79 Å². The first-order chi connectivity index (χ1) is 6.61. The van der Waals surface area contributed by atoms with Gasteiger partial charge in [0, 0.05) is 12.1 Å². The number of carbonyl (C=O) groups is 1. The zero-order valence-electron chi connectivity index (χ0n) is 7.96. The molecule has 0 aliphatic carbocycles. The van der Waals surface area contributed by atoms with E-state index in [1.165, 1.54) is 6.07 Å². The summed E-state index contributed by atoms with van der Waals surface area (Å²) in [7, 11) is 0. The van der Waals surface area contributed by atoms with E-state index in [0.29, 0.717) is 12.1 Å². The SMILES string of the molecule is CC(NCc1ccccc1F)C(N)=O. The van der Waals surface area contributed by atoms with Crippen molar-refractivity contribution in [1.82, 2.24) is 5.32 Å². The van der Waals surface area contributed by atoms with Crippen LogP contribution in [0.4, 0.5) is 4.39 Å². The molecule has 0 saturated carbocycles. The Balaban J connectivity index is 2.54. The first-order valence-electron chi connectivity index (χ1n) is 4.37. The Morgan fingerprint density at radius 3 is 2.79 bits per heavy atom. The molecule has 0 aromatic heterocycles. The fourth-order valence-corrected chi connectivity index (χ4v) is 1.01. The van der Waals surface area contributed by atoms with Crippen molar-refractivity contribution in [2.45, 2.75) is 19.5 Å². The minimum Gasteiger partial charge on any atom is -0.368 e. The highest BCUT2D eigenvalue weighted by molar-refractivity contribution is 5.79. The normalized spacial score (nSPS) is 12.4. The third-order valence-corrected chi connectivity index (χ3v) is 1.98. The van der Waals surface area contributed by atoms with Crippen LogP contribution in [0.3, 0.4) is 0 Å². The number of halogens is 1. The number of benzene rings is 1. The van der Waals surface area contributed by atoms with E-state index in [4.69, 9.17) is 5.73 Å². The van der Waals surface area contributed by atoms with Crippen molar-refractivity contribution in [3.05, 3.63) is 35.6 Å². The number of hydrogen-bond acceptors (Lipinski definition) is 2. The summed E-state index contributed by atoms with van der Waals surface area (Å²) in [6.07, 6.45) is 0. The third kappa shape index (κ3) is 2.81. The second kappa shape index (κ2) is 4.72.